The Morgan fingerprint density at radius 3 is 2.58 bits per heavy atom. The molecule has 0 bridgehead atoms. The smallest absolute Gasteiger partial charge is 0.252 e. The number of hydrogen-bond acceptors (Lipinski definition) is 4. The molecule has 2 N–H and O–H groups in total. The van der Waals surface area contributed by atoms with Gasteiger partial charge in [0.15, 0.2) is 0 Å². The van der Waals surface area contributed by atoms with Crippen molar-refractivity contribution in [2.45, 2.75) is 38.6 Å². The van der Waals surface area contributed by atoms with E-state index < -0.39 is 10.0 Å². The van der Waals surface area contributed by atoms with Crippen LogP contribution in [0, 0.1) is 0 Å². The molecule has 0 saturated carbocycles. The summed E-state index contributed by atoms with van der Waals surface area (Å²) >= 11 is 1.61. The van der Waals surface area contributed by atoms with Gasteiger partial charge in [-0.1, -0.05) is 30.3 Å². The zero-order valence-corrected chi connectivity index (χ0v) is 19.1. The average Bonchev–Trinajstić information content (AvgIpc) is 3.31. The predicted octanol–water partition coefficient (Wildman–Crippen LogP) is 4.91. The number of carbonyl (C=O) groups excluding carboxylic acids is 1. The minimum absolute atomic E-state index is 0.0256. The zero-order valence-electron chi connectivity index (χ0n) is 17.4. The Morgan fingerprint density at radius 1 is 1.03 bits per heavy atom. The van der Waals surface area contributed by atoms with Crippen molar-refractivity contribution in [2.24, 2.45) is 0 Å². The summed E-state index contributed by atoms with van der Waals surface area (Å²) in [6, 6.07) is 16.9. The lowest BCUT2D eigenvalue weighted by Crippen LogP contribution is -2.29. The summed E-state index contributed by atoms with van der Waals surface area (Å²) in [6.45, 7) is 1.57. The van der Waals surface area contributed by atoms with Crippen LogP contribution >= 0.6 is 11.3 Å². The number of thiophene rings is 1. The van der Waals surface area contributed by atoms with Crippen molar-refractivity contribution in [1.29, 1.82) is 0 Å². The van der Waals surface area contributed by atoms with E-state index in [1.54, 1.807) is 42.5 Å². The number of benzene rings is 2. The van der Waals surface area contributed by atoms with E-state index in [4.69, 9.17) is 0 Å². The molecule has 1 aliphatic carbocycles. The number of hydrogen-bond donors (Lipinski definition) is 2. The summed E-state index contributed by atoms with van der Waals surface area (Å²) < 4.78 is 26.3. The lowest BCUT2D eigenvalue weighted by atomic mass is 9.89. The Balaban J connectivity index is 1.61. The monoisotopic (exact) mass is 454 g/mol. The topological polar surface area (TPSA) is 75.3 Å². The average molecular weight is 455 g/mol. The van der Waals surface area contributed by atoms with Gasteiger partial charge in [-0.3, -0.25) is 9.52 Å². The zero-order chi connectivity index (χ0) is 21.8. The van der Waals surface area contributed by atoms with Crippen molar-refractivity contribution >= 4 is 33.0 Å². The van der Waals surface area contributed by atoms with Gasteiger partial charge in [-0.05, 0) is 78.9 Å². The maximum atomic E-state index is 13.1. The number of sulfonamides is 1. The van der Waals surface area contributed by atoms with Crippen molar-refractivity contribution in [3.63, 3.8) is 0 Å². The molecule has 0 saturated heterocycles. The summed E-state index contributed by atoms with van der Waals surface area (Å²) in [5, 5.41) is 5.16. The lowest BCUT2D eigenvalue weighted by Gasteiger charge is -2.22. The van der Waals surface area contributed by atoms with Crippen LogP contribution in [0.3, 0.4) is 0 Å². The van der Waals surface area contributed by atoms with Crippen LogP contribution in [0.15, 0.2) is 60.0 Å². The van der Waals surface area contributed by atoms with Crippen LogP contribution in [0.5, 0.6) is 0 Å². The molecular weight excluding hydrogens is 428 g/mol. The molecule has 1 aliphatic rings. The van der Waals surface area contributed by atoms with Crippen LogP contribution in [-0.2, 0) is 22.9 Å². The van der Waals surface area contributed by atoms with Crippen LogP contribution in [0.2, 0.25) is 0 Å². The summed E-state index contributed by atoms with van der Waals surface area (Å²) in [7, 11) is -3.41. The second kappa shape index (κ2) is 9.24. The van der Waals surface area contributed by atoms with Crippen molar-refractivity contribution < 1.29 is 13.2 Å². The predicted molar refractivity (Wildman–Crippen MR) is 126 cm³/mol. The number of amides is 1. The number of rotatable bonds is 7. The van der Waals surface area contributed by atoms with Gasteiger partial charge >= 0.3 is 0 Å². The highest BCUT2D eigenvalue weighted by molar-refractivity contribution is 7.92. The molecule has 1 unspecified atom stereocenters. The van der Waals surface area contributed by atoms with Gasteiger partial charge in [0.2, 0.25) is 10.0 Å². The van der Waals surface area contributed by atoms with Gasteiger partial charge in [0.25, 0.3) is 5.91 Å². The molecule has 1 aromatic heterocycles. The molecule has 0 radical (unpaired) electrons. The Labute approximate surface area is 187 Å². The summed E-state index contributed by atoms with van der Waals surface area (Å²) in [5.74, 6) is -0.268. The molecule has 1 heterocycles. The molecule has 0 spiro atoms. The van der Waals surface area contributed by atoms with Crippen LogP contribution < -0.4 is 10.0 Å². The molecular formula is C24H26N2O3S2. The molecule has 1 amide bonds. The van der Waals surface area contributed by atoms with E-state index in [1.165, 1.54) is 24.0 Å². The summed E-state index contributed by atoms with van der Waals surface area (Å²) in [6.07, 6.45) is 4.63. The first-order valence-corrected chi connectivity index (χ1v) is 13.0. The van der Waals surface area contributed by atoms with E-state index in [0.717, 1.165) is 23.3 Å². The first kappa shape index (κ1) is 21.6. The van der Waals surface area contributed by atoms with E-state index in [1.807, 2.05) is 17.5 Å². The van der Waals surface area contributed by atoms with Gasteiger partial charge in [-0.15, -0.1) is 11.3 Å². The second-order valence-corrected chi connectivity index (χ2v) is 10.7. The van der Waals surface area contributed by atoms with Gasteiger partial charge in [-0.2, -0.15) is 0 Å². The Hall–Kier alpha value is -2.64. The summed E-state index contributed by atoms with van der Waals surface area (Å²) in [4.78, 5) is 14.2. The summed E-state index contributed by atoms with van der Waals surface area (Å²) in [5.41, 5.74) is 4.64. The van der Waals surface area contributed by atoms with Crippen molar-refractivity contribution in [3.8, 4) is 0 Å². The quantitative estimate of drug-likeness (QED) is 0.533. The maximum absolute atomic E-state index is 13.1. The third-order valence-corrected chi connectivity index (χ3v) is 7.83. The van der Waals surface area contributed by atoms with Gasteiger partial charge in [-0.25, -0.2) is 8.42 Å². The number of aryl methyl sites for hydroxylation is 2. The van der Waals surface area contributed by atoms with Crippen LogP contribution in [0.4, 0.5) is 5.69 Å². The number of nitrogens with one attached hydrogen (secondary N) is 2. The van der Waals surface area contributed by atoms with Crippen LogP contribution in [-0.4, -0.2) is 20.1 Å². The van der Waals surface area contributed by atoms with E-state index in [9.17, 15) is 13.2 Å². The SMILES string of the molecule is CCS(=O)(=O)Nc1cccc(C(=O)NC(c2ccc3c(c2)CCCC3)c2cccs2)c1. The minimum atomic E-state index is -3.41. The molecule has 5 nitrogen and oxygen atoms in total. The second-order valence-electron chi connectivity index (χ2n) is 7.74. The number of anilines is 1. The Morgan fingerprint density at radius 2 is 1.84 bits per heavy atom. The molecule has 0 aliphatic heterocycles. The first-order chi connectivity index (χ1) is 14.9. The van der Waals surface area contributed by atoms with E-state index >= 15 is 0 Å². The van der Waals surface area contributed by atoms with Crippen molar-refractivity contribution in [3.05, 3.63) is 87.1 Å². The number of fused-ring (bicyclic) bond motifs is 1. The maximum Gasteiger partial charge on any atom is 0.252 e. The van der Waals surface area contributed by atoms with Gasteiger partial charge in [0, 0.05) is 16.1 Å². The Bertz CT molecular complexity index is 1170. The highest BCUT2D eigenvalue weighted by atomic mass is 32.2. The minimum Gasteiger partial charge on any atom is -0.340 e. The van der Waals surface area contributed by atoms with E-state index in [-0.39, 0.29) is 17.7 Å². The largest absolute Gasteiger partial charge is 0.340 e. The molecule has 4 rings (SSSR count). The van der Waals surface area contributed by atoms with Crippen molar-refractivity contribution in [1.82, 2.24) is 5.32 Å². The van der Waals surface area contributed by atoms with Gasteiger partial charge in [0.05, 0.1) is 11.8 Å². The Kier molecular flexibility index (Phi) is 6.43. The standard InChI is InChI=1S/C24H26N2O3S2/c1-2-31(28,29)26-21-10-5-9-20(16-21)24(27)25-23(22-11-6-14-30-22)19-13-12-17-7-3-4-8-18(17)15-19/h5-6,9-16,23,26H,2-4,7-8H2,1H3,(H,25,27). The molecule has 2 aromatic carbocycles. The third kappa shape index (κ3) is 5.17. The van der Waals surface area contributed by atoms with Gasteiger partial charge < -0.3 is 5.32 Å². The molecule has 31 heavy (non-hydrogen) atoms. The van der Waals surface area contributed by atoms with E-state index in [2.05, 4.69) is 28.2 Å². The lowest BCUT2D eigenvalue weighted by molar-refractivity contribution is 0.0943. The van der Waals surface area contributed by atoms with Crippen molar-refractivity contribution in [2.75, 3.05) is 10.5 Å². The highest BCUT2D eigenvalue weighted by Crippen LogP contribution is 2.30. The van der Waals surface area contributed by atoms with Crippen LogP contribution in [0.1, 0.15) is 57.7 Å². The molecule has 7 heteroatoms. The fraction of sp³-hybridized carbons (Fsp3) is 0.292. The molecule has 1 atom stereocenters. The van der Waals surface area contributed by atoms with Crippen LogP contribution in [0.25, 0.3) is 0 Å². The molecule has 162 valence electrons. The fourth-order valence-corrected chi connectivity index (χ4v) is 5.33. The first-order valence-electron chi connectivity index (χ1n) is 10.5. The molecule has 0 fully saturated rings. The normalized spacial score (nSPS) is 14.5. The molecule has 3 aromatic rings. The third-order valence-electron chi connectivity index (χ3n) is 5.59. The highest BCUT2D eigenvalue weighted by Gasteiger charge is 2.21. The number of carbonyl (C=O) groups is 1. The van der Waals surface area contributed by atoms with E-state index in [0.29, 0.717) is 11.3 Å². The van der Waals surface area contributed by atoms with Gasteiger partial charge in [0.1, 0.15) is 0 Å². The fourth-order valence-electron chi connectivity index (χ4n) is 3.90.